The fraction of sp³-hybridized carbons (Fsp3) is 0.611. The van der Waals surface area contributed by atoms with Crippen LogP contribution >= 0.6 is 0 Å². The first kappa shape index (κ1) is 16.1. The highest BCUT2D eigenvalue weighted by molar-refractivity contribution is 5.81. The first-order valence-electron chi connectivity index (χ1n) is 8.72. The van der Waals surface area contributed by atoms with Crippen molar-refractivity contribution >= 4 is 11.6 Å². The highest BCUT2D eigenvalue weighted by Crippen LogP contribution is 2.21. The third-order valence-corrected chi connectivity index (χ3v) is 5.16. The van der Waals surface area contributed by atoms with Gasteiger partial charge in [0, 0.05) is 37.9 Å². The van der Waals surface area contributed by atoms with Crippen molar-refractivity contribution in [1.29, 1.82) is 0 Å². The van der Waals surface area contributed by atoms with Crippen LogP contribution in [0, 0.1) is 0 Å². The lowest BCUT2D eigenvalue weighted by Crippen LogP contribution is -2.54. The summed E-state index contributed by atoms with van der Waals surface area (Å²) in [6, 6.07) is 7.67. The van der Waals surface area contributed by atoms with Gasteiger partial charge in [0.1, 0.15) is 5.75 Å². The van der Waals surface area contributed by atoms with E-state index in [-0.39, 0.29) is 11.9 Å². The molecule has 5 nitrogen and oxygen atoms in total. The average Bonchev–Trinajstić information content (AvgIpc) is 3.08. The van der Waals surface area contributed by atoms with Gasteiger partial charge in [-0.05, 0) is 44.0 Å². The third kappa shape index (κ3) is 3.96. The number of phenols is 1. The highest BCUT2D eigenvalue weighted by atomic mass is 16.3. The average molecular weight is 317 g/mol. The molecular formula is C18H27N3O2. The van der Waals surface area contributed by atoms with Crippen LogP contribution in [-0.2, 0) is 4.79 Å². The van der Waals surface area contributed by atoms with Gasteiger partial charge in [-0.2, -0.15) is 0 Å². The van der Waals surface area contributed by atoms with Gasteiger partial charge in [-0.15, -0.1) is 0 Å². The van der Waals surface area contributed by atoms with Crippen molar-refractivity contribution in [2.24, 2.45) is 0 Å². The van der Waals surface area contributed by atoms with Gasteiger partial charge in [-0.1, -0.05) is 12.8 Å². The van der Waals surface area contributed by atoms with E-state index in [0.29, 0.717) is 11.8 Å². The van der Waals surface area contributed by atoms with E-state index in [1.807, 2.05) is 19.1 Å². The Hall–Kier alpha value is -1.75. The molecule has 1 aliphatic heterocycles. The summed E-state index contributed by atoms with van der Waals surface area (Å²) in [6.45, 7) is 5.61. The molecule has 1 atom stereocenters. The molecule has 1 aliphatic carbocycles. The molecule has 0 spiro atoms. The van der Waals surface area contributed by atoms with E-state index in [1.165, 1.54) is 12.8 Å². The van der Waals surface area contributed by atoms with E-state index in [1.54, 1.807) is 12.1 Å². The number of carbonyl (C=O) groups excluding carboxylic acids is 1. The Morgan fingerprint density at radius 3 is 2.35 bits per heavy atom. The monoisotopic (exact) mass is 317 g/mol. The van der Waals surface area contributed by atoms with E-state index in [2.05, 4.69) is 15.1 Å². The van der Waals surface area contributed by atoms with Crippen molar-refractivity contribution in [1.82, 2.24) is 10.2 Å². The molecule has 1 heterocycles. The van der Waals surface area contributed by atoms with E-state index in [4.69, 9.17) is 0 Å². The molecule has 0 unspecified atom stereocenters. The standard InChI is InChI=1S/C18H27N3O2/c1-14(18(23)19-15-4-2-3-5-15)20-10-12-21(13-11-20)16-6-8-17(22)9-7-16/h6-9,14-15,22H,2-5,10-13H2,1H3,(H,19,23)/t14-/m0/s1. The van der Waals surface area contributed by atoms with Crippen molar-refractivity contribution in [2.45, 2.75) is 44.7 Å². The molecule has 1 aromatic rings. The summed E-state index contributed by atoms with van der Waals surface area (Å²) in [6.07, 6.45) is 4.75. The molecule has 2 aliphatic rings. The second kappa shape index (κ2) is 7.21. The zero-order valence-corrected chi connectivity index (χ0v) is 13.9. The van der Waals surface area contributed by atoms with Gasteiger partial charge in [0.05, 0.1) is 6.04 Å². The number of carbonyl (C=O) groups is 1. The highest BCUT2D eigenvalue weighted by Gasteiger charge is 2.27. The van der Waals surface area contributed by atoms with E-state index in [0.717, 1.165) is 44.7 Å². The number of phenolic OH excluding ortho intramolecular Hbond substituents is 1. The Morgan fingerprint density at radius 2 is 1.74 bits per heavy atom. The number of anilines is 1. The number of hydrogen-bond acceptors (Lipinski definition) is 4. The summed E-state index contributed by atoms with van der Waals surface area (Å²) in [5.74, 6) is 0.472. The summed E-state index contributed by atoms with van der Waals surface area (Å²) in [5.41, 5.74) is 1.13. The number of rotatable bonds is 4. The second-order valence-electron chi connectivity index (χ2n) is 6.71. The Morgan fingerprint density at radius 1 is 1.13 bits per heavy atom. The van der Waals surface area contributed by atoms with Crippen LogP contribution < -0.4 is 10.2 Å². The van der Waals surface area contributed by atoms with Crippen LogP contribution in [0.15, 0.2) is 24.3 Å². The summed E-state index contributed by atoms with van der Waals surface area (Å²) in [5, 5.41) is 12.6. The first-order valence-corrected chi connectivity index (χ1v) is 8.72. The molecule has 5 heteroatoms. The summed E-state index contributed by atoms with van der Waals surface area (Å²) >= 11 is 0. The topological polar surface area (TPSA) is 55.8 Å². The van der Waals surface area contributed by atoms with Crippen LogP contribution in [0.3, 0.4) is 0 Å². The minimum Gasteiger partial charge on any atom is -0.508 e. The normalized spacial score (nSPS) is 21.3. The van der Waals surface area contributed by atoms with Gasteiger partial charge in [0.2, 0.25) is 5.91 Å². The van der Waals surface area contributed by atoms with E-state index in [9.17, 15) is 9.90 Å². The van der Waals surface area contributed by atoms with Crippen molar-refractivity contribution in [3.05, 3.63) is 24.3 Å². The lowest BCUT2D eigenvalue weighted by atomic mass is 10.1. The molecule has 3 rings (SSSR count). The molecule has 2 N–H and O–H groups in total. The van der Waals surface area contributed by atoms with Gasteiger partial charge >= 0.3 is 0 Å². The van der Waals surface area contributed by atoms with Crippen LogP contribution in [0.2, 0.25) is 0 Å². The summed E-state index contributed by atoms with van der Waals surface area (Å²) in [4.78, 5) is 17.0. The van der Waals surface area contributed by atoms with Crippen LogP contribution in [0.5, 0.6) is 5.75 Å². The van der Waals surface area contributed by atoms with Gasteiger partial charge < -0.3 is 15.3 Å². The minimum absolute atomic E-state index is 0.0578. The minimum atomic E-state index is -0.0578. The second-order valence-corrected chi connectivity index (χ2v) is 6.71. The van der Waals surface area contributed by atoms with E-state index < -0.39 is 0 Å². The molecule has 0 aromatic heterocycles. The van der Waals surface area contributed by atoms with Crippen molar-refractivity contribution < 1.29 is 9.90 Å². The predicted molar refractivity (Wildman–Crippen MR) is 91.8 cm³/mol. The Labute approximate surface area is 138 Å². The lowest BCUT2D eigenvalue weighted by molar-refractivity contribution is -0.126. The molecule has 23 heavy (non-hydrogen) atoms. The smallest absolute Gasteiger partial charge is 0.237 e. The maximum atomic E-state index is 12.4. The number of benzene rings is 1. The zero-order chi connectivity index (χ0) is 16.2. The molecule has 2 fully saturated rings. The molecular weight excluding hydrogens is 290 g/mol. The maximum absolute atomic E-state index is 12.4. The van der Waals surface area contributed by atoms with Gasteiger partial charge in [0.15, 0.2) is 0 Å². The van der Waals surface area contributed by atoms with E-state index >= 15 is 0 Å². The van der Waals surface area contributed by atoms with Gasteiger partial charge in [0.25, 0.3) is 0 Å². The Balaban J connectivity index is 1.49. The van der Waals surface area contributed by atoms with Crippen LogP contribution in [0.4, 0.5) is 5.69 Å². The summed E-state index contributed by atoms with van der Waals surface area (Å²) in [7, 11) is 0. The molecule has 0 radical (unpaired) electrons. The molecule has 0 bridgehead atoms. The Kier molecular flexibility index (Phi) is 5.06. The van der Waals surface area contributed by atoms with Crippen molar-refractivity contribution in [2.75, 3.05) is 31.1 Å². The third-order valence-electron chi connectivity index (χ3n) is 5.16. The Bertz CT molecular complexity index is 518. The molecule has 1 aromatic carbocycles. The molecule has 1 amide bonds. The number of aromatic hydroxyl groups is 1. The SMILES string of the molecule is C[C@@H](C(=O)NC1CCCC1)N1CCN(c2ccc(O)cc2)CC1. The number of hydrogen-bond donors (Lipinski definition) is 2. The van der Waals surface area contributed by atoms with Gasteiger partial charge in [-0.3, -0.25) is 9.69 Å². The van der Waals surface area contributed by atoms with Crippen LogP contribution in [0.25, 0.3) is 0 Å². The molecule has 126 valence electrons. The molecule has 1 saturated heterocycles. The quantitative estimate of drug-likeness (QED) is 0.891. The fourth-order valence-electron chi connectivity index (χ4n) is 3.59. The summed E-state index contributed by atoms with van der Waals surface area (Å²) < 4.78 is 0. The zero-order valence-electron chi connectivity index (χ0n) is 13.9. The first-order chi connectivity index (χ1) is 11.1. The number of amides is 1. The molecule has 1 saturated carbocycles. The maximum Gasteiger partial charge on any atom is 0.237 e. The van der Waals surface area contributed by atoms with Gasteiger partial charge in [-0.25, -0.2) is 0 Å². The fourth-order valence-corrected chi connectivity index (χ4v) is 3.59. The van der Waals surface area contributed by atoms with Crippen LogP contribution in [0.1, 0.15) is 32.6 Å². The largest absolute Gasteiger partial charge is 0.508 e. The van der Waals surface area contributed by atoms with Crippen molar-refractivity contribution in [3.8, 4) is 5.75 Å². The predicted octanol–water partition coefficient (Wildman–Crippen LogP) is 1.96. The lowest BCUT2D eigenvalue weighted by Gasteiger charge is -2.38. The number of nitrogens with one attached hydrogen (secondary N) is 1. The van der Waals surface area contributed by atoms with Crippen molar-refractivity contribution in [3.63, 3.8) is 0 Å². The number of nitrogens with zero attached hydrogens (tertiary/aromatic N) is 2. The number of piperazine rings is 1. The van der Waals surface area contributed by atoms with Crippen LogP contribution in [-0.4, -0.2) is 54.2 Å².